The van der Waals surface area contributed by atoms with E-state index >= 15 is 0 Å². The lowest BCUT2D eigenvalue weighted by molar-refractivity contribution is 0.0904. The van der Waals surface area contributed by atoms with E-state index in [1.807, 2.05) is 0 Å². The molecular formula is C27H31FN4O6S2. The molecule has 2 aromatic carbocycles. The molecule has 3 atom stereocenters. The second kappa shape index (κ2) is 11.7. The van der Waals surface area contributed by atoms with E-state index in [1.165, 1.54) is 70.9 Å². The van der Waals surface area contributed by atoms with Crippen LogP contribution in [0, 0.1) is 23.6 Å². The molecule has 0 bridgehead atoms. The van der Waals surface area contributed by atoms with Gasteiger partial charge in [-0.3, -0.25) is 0 Å². The van der Waals surface area contributed by atoms with Gasteiger partial charge >= 0.3 is 0 Å². The minimum Gasteiger partial charge on any atom is -0.487 e. The Hall–Kier alpha value is -3.28. The number of aliphatic hydroxyl groups excluding tert-OH is 1. The highest BCUT2D eigenvalue weighted by Crippen LogP contribution is 2.34. The predicted octanol–water partition coefficient (Wildman–Crippen LogP) is 2.05. The van der Waals surface area contributed by atoms with E-state index in [2.05, 4.69) is 16.8 Å². The maximum Gasteiger partial charge on any atom is 0.261 e. The van der Waals surface area contributed by atoms with E-state index in [0.29, 0.717) is 11.1 Å². The fourth-order valence-corrected chi connectivity index (χ4v) is 7.20. The highest BCUT2D eigenvalue weighted by Gasteiger charge is 2.39. The van der Waals surface area contributed by atoms with Crippen LogP contribution in [0.4, 0.5) is 4.39 Å². The zero-order chi connectivity index (χ0) is 29.2. The summed E-state index contributed by atoms with van der Waals surface area (Å²) in [4.78, 5) is 3.84. The molecular weight excluding hydrogens is 559 g/mol. The Balaban J connectivity index is 1.74. The Bertz CT molecular complexity index is 1650. The lowest BCUT2D eigenvalue weighted by Crippen LogP contribution is -2.50. The molecule has 13 heteroatoms. The molecule has 214 valence electrons. The summed E-state index contributed by atoms with van der Waals surface area (Å²) < 4.78 is 77.0. The standard InChI is InChI=1S/C27H31FN4O6S2/c1-19-14-32(20(2)17-33)39(34,35)26-12-9-22(6-5-21-7-10-23(28)11-8-21)13-24(26)38-25(19)15-31(4)40(36,37)27-16-30(3)18-29-27/h7-13,16,18-20,25,33H,14-15,17H2,1-4H3/t19-,20-,25-/m1/s1. The number of rotatable bonds is 6. The first-order chi connectivity index (χ1) is 18.8. The largest absolute Gasteiger partial charge is 0.487 e. The smallest absolute Gasteiger partial charge is 0.261 e. The molecule has 3 aromatic rings. The molecule has 4 rings (SSSR count). The number of sulfonamides is 2. The van der Waals surface area contributed by atoms with Gasteiger partial charge in [0.05, 0.1) is 19.5 Å². The van der Waals surface area contributed by atoms with E-state index < -0.39 is 44.7 Å². The third-order valence-corrected chi connectivity index (χ3v) is 10.4. The molecule has 1 aliphatic rings. The van der Waals surface area contributed by atoms with Crippen LogP contribution in [0.5, 0.6) is 5.75 Å². The zero-order valence-corrected chi connectivity index (χ0v) is 24.2. The molecule has 1 aliphatic heterocycles. The molecule has 1 N–H and O–H groups in total. The molecule has 0 amide bonds. The van der Waals surface area contributed by atoms with Gasteiger partial charge in [0.1, 0.15) is 22.6 Å². The zero-order valence-electron chi connectivity index (χ0n) is 22.5. The summed E-state index contributed by atoms with van der Waals surface area (Å²) in [7, 11) is -4.95. The van der Waals surface area contributed by atoms with E-state index in [0.717, 1.165) is 4.31 Å². The Morgan fingerprint density at radius 2 is 1.85 bits per heavy atom. The van der Waals surface area contributed by atoms with Crippen molar-refractivity contribution in [2.45, 2.75) is 35.9 Å². The second-order valence-electron chi connectivity index (χ2n) is 9.82. The van der Waals surface area contributed by atoms with E-state index in [9.17, 15) is 26.3 Å². The Labute approximate surface area is 234 Å². The number of benzene rings is 2. The van der Waals surface area contributed by atoms with Crippen LogP contribution in [0.15, 0.2) is 64.9 Å². The van der Waals surface area contributed by atoms with Gasteiger partial charge in [0.15, 0.2) is 5.03 Å². The number of ether oxygens (including phenoxy) is 1. The van der Waals surface area contributed by atoms with Crippen LogP contribution in [-0.4, -0.2) is 79.0 Å². The maximum atomic E-state index is 13.7. The van der Waals surface area contributed by atoms with Crippen molar-refractivity contribution in [2.24, 2.45) is 13.0 Å². The van der Waals surface area contributed by atoms with Crippen LogP contribution >= 0.6 is 0 Å². The lowest BCUT2D eigenvalue weighted by atomic mass is 10.0. The SMILES string of the molecule is C[C@@H]1CN([C@H](C)CO)S(=O)(=O)c2ccc(C#Cc3ccc(F)cc3)cc2O[C@@H]1CN(C)S(=O)(=O)c1cn(C)cn1. The van der Waals surface area contributed by atoms with Crippen molar-refractivity contribution < 1.29 is 31.1 Å². The van der Waals surface area contributed by atoms with Gasteiger partial charge in [-0.25, -0.2) is 26.2 Å². The average molecular weight is 591 g/mol. The van der Waals surface area contributed by atoms with E-state index in [4.69, 9.17) is 4.74 Å². The molecule has 2 heterocycles. The van der Waals surface area contributed by atoms with Gasteiger partial charge in [-0.15, -0.1) is 0 Å². The van der Waals surface area contributed by atoms with Crippen molar-refractivity contribution in [3.8, 4) is 17.6 Å². The number of hydrogen-bond acceptors (Lipinski definition) is 7. The number of imidazole rings is 1. The van der Waals surface area contributed by atoms with Crippen molar-refractivity contribution in [2.75, 3.05) is 26.7 Å². The van der Waals surface area contributed by atoms with Crippen LogP contribution in [0.1, 0.15) is 25.0 Å². The van der Waals surface area contributed by atoms with Crippen molar-refractivity contribution in [1.29, 1.82) is 0 Å². The summed E-state index contributed by atoms with van der Waals surface area (Å²) in [5, 5.41) is 9.71. The first-order valence-corrected chi connectivity index (χ1v) is 15.4. The summed E-state index contributed by atoms with van der Waals surface area (Å²) >= 11 is 0. The third-order valence-electron chi connectivity index (χ3n) is 6.66. The molecule has 0 aliphatic carbocycles. The minimum absolute atomic E-state index is 0.00222. The molecule has 1 aromatic heterocycles. The van der Waals surface area contributed by atoms with Gasteiger partial charge in [-0.1, -0.05) is 18.8 Å². The van der Waals surface area contributed by atoms with Crippen LogP contribution in [0.2, 0.25) is 0 Å². The van der Waals surface area contributed by atoms with Crippen LogP contribution in [-0.2, 0) is 27.1 Å². The summed E-state index contributed by atoms with van der Waals surface area (Å²) in [6, 6.07) is 9.32. The van der Waals surface area contributed by atoms with Gasteiger partial charge < -0.3 is 14.4 Å². The lowest BCUT2D eigenvalue weighted by Gasteiger charge is -2.37. The Morgan fingerprint density at radius 3 is 2.48 bits per heavy atom. The number of likely N-dealkylation sites (N-methyl/N-ethyl adjacent to an activating group) is 1. The van der Waals surface area contributed by atoms with Gasteiger partial charge in [-0.2, -0.15) is 8.61 Å². The summed E-state index contributed by atoms with van der Waals surface area (Å²) in [6.45, 7) is 2.87. The fourth-order valence-electron chi connectivity index (χ4n) is 4.23. The number of aryl methyl sites for hydroxylation is 1. The number of hydrogen-bond donors (Lipinski definition) is 1. The van der Waals surface area contributed by atoms with Gasteiger partial charge in [0.25, 0.3) is 10.0 Å². The third kappa shape index (κ3) is 6.21. The molecule has 0 saturated carbocycles. The number of halogens is 1. The fraction of sp³-hybridized carbons (Fsp3) is 0.370. The molecule has 10 nitrogen and oxygen atoms in total. The summed E-state index contributed by atoms with van der Waals surface area (Å²) in [5.74, 6) is 5.01. The molecule has 0 spiro atoms. The van der Waals surface area contributed by atoms with Gasteiger partial charge in [0.2, 0.25) is 10.0 Å². The molecule has 0 fully saturated rings. The number of aromatic nitrogens is 2. The molecule has 40 heavy (non-hydrogen) atoms. The number of aliphatic hydroxyl groups is 1. The van der Waals surface area contributed by atoms with Crippen LogP contribution < -0.4 is 4.74 Å². The highest BCUT2D eigenvalue weighted by atomic mass is 32.2. The van der Waals surface area contributed by atoms with Gasteiger partial charge in [-0.05, 0) is 49.4 Å². The molecule has 0 saturated heterocycles. The monoisotopic (exact) mass is 590 g/mol. The number of fused-ring (bicyclic) bond motifs is 1. The minimum atomic E-state index is -4.08. The van der Waals surface area contributed by atoms with Gasteiger partial charge in [0, 0.05) is 49.9 Å². The summed E-state index contributed by atoms with van der Waals surface area (Å²) in [6.07, 6.45) is 2.03. The van der Waals surface area contributed by atoms with Crippen LogP contribution in [0.25, 0.3) is 0 Å². The van der Waals surface area contributed by atoms with Crippen molar-refractivity contribution in [3.63, 3.8) is 0 Å². The highest BCUT2D eigenvalue weighted by molar-refractivity contribution is 7.89. The normalized spacial score (nSPS) is 20.0. The Kier molecular flexibility index (Phi) is 8.67. The quantitative estimate of drug-likeness (QED) is 0.436. The first-order valence-electron chi connectivity index (χ1n) is 12.5. The van der Waals surface area contributed by atoms with E-state index in [-0.39, 0.29) is 34.6 Å². The first kappa shape index (κ1) is 29.7. The second-order valence-corrected chi connectivity index (χ2v) is 13.7. The van der Waals surface area contributed by atoms with Crippen molar-refractivity contribution in [1.82, 2.24) is 18.2 Å². The van der Waals surface area contributed by atoms with Crippen molar-refractivity contribution >= 4 is 20.0 Å². The Morgan fingerprint density at radius 1 is 1.20 bits per heavy atom. The van der Waals surface area contributed by atoms with Crippen molar-refractivity contribution in [3.05, 3.63) is 71.9 Å². The van der Waals surface area contributed by atoms with E-state index in [1.54, 1.807) is 20.9 Å². The predicted molar refractivity (Wildman–Crippen MR) is 146 cm³/mol. The average Bonchev–Trinajstić information content (AvgIpc) is 3.36. The molecule has 0 unspecified atom stereocenters. The number of nitrogens with zero attached hydrogens (tertiary/aromatic N) is 4. The topological polar surface area (TPSA) is 122 Å². The maximum absolute atomic E-state index is 13.7. The van der Waals surface area contributed by atoms with Crippen LogP contribution in [0.3, 0.4) is 0 Å². The molecule has 0 radical (unpaired) electrons. The summed E-state index contributed by atoms with van der Waals surface area (Å²) in [5.41, 5.74) is 1.01.